The fraction of sp³-hybridized carbons (Fsp3) is 0.972. The summed E-state index contributed by atoms with van der Waals surface area (Å²) in [6.07, 6.45) is 83.2. The van der Waals surface area contributed by atoms with E-state index in [-0.39, 0.29) is 18.5 Å². The van der Waals surface area contributed by atoms with Crippen LogP contribution >= 0.6 is 0 Å². The van der Waals surface area contributed by atoms with Crippen molar-refractivity contribution in [3.05, 3.63) is 0 Å². The zero-order valence-corrected chi connectivity index (χ0v) is 53.4. The molecule has 0 saturated heterocycles. The van der Waals surface area contributed by atoms with Crippen molar-refractivity contribution in [2.45, 2.75) is 437 Å². The predicted molar refractivity (Wildman–Crippen MR) is 343 cm³/mol. The molecule has 0 radical (unpaired) electrons. The lowest BCUT2D eigenvalue weighted by Crippen LogP contribution is -2.45. The molecule has 3 N–H and O–H groups in total. The van der Waals surface area contributed by atoms with Crippen molar-refractivity contribution in [1.82, 2.24) is 5.32 Å². The van der Waals surface area contributed by atoms with Gasteiger partial charge in [0.25, 0.3) is 0 Å². The van der Waals surface area contributed by atoms with Gasteiger partial charge in [0.15, 0.2) is 0 Å². The molecular formula is C72H143NO5. The fourth-order valence-electron chi connectivity index (χ4n) is 11.9. The Balaban J connectivity index is 3.27. The number of amides is 1. The number of hydrogen-bond acceptors (Lipinski definition) is 5. The minimum absolute atomic E-state index is 0.0268. The molecule has 78 heavy (non-hydrogen) atoms. The third kappa shape index (κ3) is 64.0. The SMILES string of the molecule is CCCCCCCCCCCCCCCCCCCC(=O)OCCCCCCCCCCCCCCCCCCCCCCCCCCCCCCCCCCCC(=O)NC(CO)C(O)CCCCCCCCCCCCC. The van der Waals surface area contributed by atoms with Crippen molar-refractivity contribution in [2.24, 2.45) is 0 Å². The second-order valence-electron chi connectivity index (χ2n) is 25.3. The molecule has 0 heterocycles. The van der Waals surface area contributed by atoms with Crippen molar-refractivity contribution in [1.29, 1.82) is 0 Å². The Bertz CT molecular complexity index is 1130. The van der Waals surface area contributed by atoms with E-state index in [9.17, 15) is 19.8 Å². The van der Waals surface area contributed by atoms with Crippen LogP contribution in [-0.4, -0.2) is 47.4 Å². The second kappa shape index (κ2) is 68.4. The summed E-state index contributed by atoms with van der Waals surface area (Å²) < 4.78 is 5.51. The molecule has 6 heteroatoms. The molecule has 1 amide bonds. The lowest BCUT2D eigenvalue weighted by Gasteiger charge is -2.22. The van der Waals surface area contributed by atoms with Crippen molar-refractivity contribution >= 4 is 11.9 Å². The van der Waals surface area contributed by atoms with Crippen LogP contribution in [-0.2, 0) is 14.3 Å². The number of ether oxygens (including phenoxy) is 1. The Morgan fingerprint density at radius 2 is 0.526 bits per heavy atom. The van der Waals surface area contributed by atoms with Gasteiger partial charge in [-0.15, -0.1) is 0 Å². The number of nitrogens with one attached hydrogen (secondary N) is 1. The van der Waals surface area contributed by atoms with Gasteiger partial charge in [0.2, 0.25) is 5.91 Å². The van der Waals surface area contributed by atoms with Crippen LogP contribution in [0.15, 0.2) is 0 Å². The van der Waals surface area contributed by atoms with Crippen molar-refractivity contribution in [2.75, 3.05) is 13.2 Å². The number of esters is 1. The summed E-state index contributed by atoms with van der Waals surface area (Å²) in [6, 6.07) is -0.535. The highest BCUT2D eigenvalue weighted by Gasteiger charge is 2.20. The number of hydrogen-bond donors (Lipinski definition) is 3. The van der Waals surface area contributed by atoms with Crippen LogP contribution in [0.2, 0.25) is 0 Å². The van der Waals surface area contributed by atoms with E-state index in [2.05, 4.69) is 19.2 Å². The standard InChI is InChI=1S/C72H143NO5/c1-3-5-7-9-11-13-15-16-17-35-39-42-46-50-54-58-62-66-72(77)78-67-63-59-55-51-47-43-40-37-34-32-30-28-26-24-22-20-18-19-21-23-25-27-29-31-33-36-38-41-45-49-53-57-61-65-71(76)73-69(68-74)70(75)64-60-56-52-48-44-14-12-10-8-6-4-2/h69-70,74-75H,3-68H2,1-2H3,(H,73,76). The van der Waals surface area contributed by atoms with Crippen LogP contribution in [0.1, 0.15) is 425 Å². The molecule has 0 bridgehead atoms. The molecule has 0 aromatic heterocycles. The molecular weight excluding hydrogens is 959 g/mol. The first-order valence-corrected chi connectivity index (χ1v) is 36.3. The summed E-state index contributed by atoms with van der Waals surface area (Å²) in [5.74, 6) is -0.00158. The van der Waals surface area contributed by atoms with Gasteiger partial charge in [0, 0.05) is 12.8 Å². The minimum Gasteiger partial charge on any atom is -0.466 e. The number of aliphatic hydroxyl groups excluding tert-OH is 2. The average molecular weight is 1100 g/mol. The number of rotatable bonds is 69. The summed E-state index contributed by atoms with van der Waals surface area (Å²) in [4.78, 5) is 24.6. The molecule has 2 atom stereocenters. The third-order valence-electron chi connectivity index (χ3n) is 17.4. The van der Waals surface area contributed by atoms with Crippen LogP contribution in [0, 0.1) is 0 Å². The molecule has 0 aromatic carbocycles. The van der Waals surface area contributed by atoms with E-state index in [4.69, 9.17) is 4.74 Å². The van der Waals surface area contributed by atoms with Gasteiger partial charge < -0.3 is 20.3 Å². The summed E-state index contributed by atoms with van der Waals surface area (Å²) >= 11 is 0. The first kappa shape index (κ1) is 76.9. The van der Waals surface area contributed by atoms with Crippen LogP contribution in [0.5, 0.6) is 0 Å². The lowest BCUT2D eigenvalue weighted by molar-refractivity contribution is -0.143. The van der Waals surface area contributed by atoms with E-state index in [0.29, 0.717) is 25.9 Å². The molecule has 0 fully saturated rings. The Kier molecular flexibility index (Phi) is 67.4. The summed E-state index contributed by atoms with van der Waals surface area (Å²) in [5, 5.41) is 23.2. The maximum absolute atomic E-state index is 12.5. The number of unbranched alkanes of at least 4 members (excludes halogenated alkanes) is 58. The zero-order chi connectivity index (χ0) is 56.4. The average Bonchev–Trinajstić information content (AvgIpc) is 3.44. The largest absolute Gasteiger partial charge is 0.466 e. The topological polar surface area (TPSA) is 95.9 Å². The van der Waals surface area contributed by atoms with E-state index >= 15 is 0 Å². The van der Waals surface area contributed by atoms with Gasteiger partial charge in [0.1, 0.15) is 0 Å². The number of aliphatic hydroxyl groups is 2. The van der Waals surface area contributed by atoms with Crippen LogP contribution in [0.3, 0.4) is 0 Å². The fourth-order valence-corrected chi connectivity index (χ4v) is 11.9. The predicted octanol–water partition coefficient (Wildman–Crippen LogP) is 23.4. The molecule has 0 aromatic rings. The van der Waals surface area contributed by atoms with Crippen molar-refractivity contribution in [3.8, 4) is 0 Å². The minimum atomic E-state index is -0.658. The van der Waals surface area contributed by atoms with Gasteiger partial charge in [-0.2, -0.15) is 0 Å². The highest BCUT2D eigenvalue weighted by Crippen LogP contribution is 2.20. The highest BCUT2D eigenvalue weighted by atomic mass is 16.5. The van der Waals surface area contributed by atoms with E-state index in [0.717, 1.165) is 38.5 Å². The summed E-state index contributed by atoms with van der Waals surface area (Å²) in [7, 11) is 0. The molecule has 0 spiro atoms. The first-order chi connectivity index (χ1) is 38.5. The molecule has 0 aliphatic rings. The Hall–Kier alpha value is -1.14. The number of carbonyl (C=O) groups is 2. The van der Waals surface area contributed by atoms with Gasteiger partial charge in [0.05, 0.1) is 25.4 Å². The van der Waals surface area contributed by atoms with Crippen LogP contribution in [0.4, 0.5) is 0 Å². The maximum Gasteiger partial charge on any atom is 0.305 e. The van der Waals surface area contributed by atoms with E-state index < -0.39 is 12.1 Å². The van der Waals surface area contributed by atoms with Crippen molar-refractivity contribution in [3.63, 3.8) is 0 Å². The van der Waals surface area contributed by atoms with Gasteiger partial charge in [-0.05, 0) is 25.7 Å². The summed E-state index contributed by atoms with van der Waals surface area (Å²) in [6.45, 7) is 4.99. The molecule has 466 valence electrons. The first-order valence-electron chi connectivity index (χ1n) is 36.3. The normalized spacial score (nSPS) is 12.4. The second-order valence-corrected chi connectivity index (χ2v) is 25.3. The van der Waals surface area contributed by atoms with Gasteiger partial charge >= 0.3 is 5.97 Å². The molecule has 0 aliphatic heterocycles. The van der Waals surface area contributed by atoms with Gasteiger partial charge in [-0.1, -0.05) is 386 Å². The zero-order valence-electron chi connectivity index (χ0n) is 53.4. The molecule has 6 nitrogen and oxygen atoms in total. The monoisotopic (exact) mass is 1100 g/mol. The molecule has 0 rings (SSSR count). The number of carbonyl (C=O) groups excluding carboxylic acids is 2. The quantitative estimate of drug-likeness (QED) is 0.0417. The third-order valence-corrected chi connectivity index (χ3v) is 17.4. The Morgan fingerprint density at radius 3 is 0.782 bits per heavy atom. The molecule has 0 saturated carbocycles. The maximum atomic E-state index is 12.5. The lowest BCUT2D eigenvalue weighted by atomic mass is 10.0. The van der Waals surface area contributed by atoms with E-state index in [1.54, 1.807) is 0 Å². The Labute approximate surface area is 489 Å². The summed E-state index contributed by atoms with van der Waals surface area (Å²) in [5.41, 5.74) is 0. The van der Waals surface area contributed by atoms with Crippen LogP contribution in [0.25, 0.3) is 0 Å². The molecule has 0 aliphatic carbocycles. The van der Waals surface area contributed by atoms with Crippen LogP contribution < -0.4 is 5.32 Å². The van der Waals surface area contributed by atoms with Gasteiger partial charge in [-0.3, -0.25) is 9.59 Å². The van der Waals surface area contributed by atoms with E-state index in [1.165, 1.54) is 353 Å². The van der Waals surface area contributed by atoms with Gasteiger partial charge in [-0.25, -0.2) is 0 Å². The molecule has 2 unspecified atom stereocenters. The highest BCUT2D eigenvalue weighted by molar-refractivity contribution is 5.76. The Morgan fingerprint density at radius 1 is 0.308 bits per heavy atom. The van der Waals surface area contributed by atoms with E-state index in [1.807, 2.05) is 0 Å². The smallest absolute Gasteiger partial charge is 0.305 e. The van der Waals surface area contributed by atoms with Crippen molar-refractivity contribution < 1.29 is 24.5 Å².